The molecule has 37 heavy (non-hydrogen) atoms. The van der Waals surface area contributed by atoms with Crippen molar-refractivity contribution in [1.82, 2.24) is 20.2 Å². The van der Waals surface area contributed by atoms with Crippen molar-refractivity contribution in [2.24, 2.45) is 0 Å². The summed E-state index contributed by atoms with van der Waals surface area (Å²) in [6.07, 6.45) is 6.98. The fourth-order valence-corrected chi connectivity index (χ4v) is 5.54. The van der Waals surface area contributed by atoms with Crippen molar-refractivity contribution in [3.05, 3.63) is 102 Å². The zero-order valence-electron chi connectivity index (χ0n) is 20.3. The first-order valence-electron chi connectivity index (χ1n) is 12.7. The van der Waals surface area contributed by atoms with E-state index in [1.807, 2.05) is 71.6 Å². The monoisotopic (exact) mass is 492 g/mol. The molecular formula is C30H28N4O3. The first-order valence-corrected chi connectivity index (χ1v) is 12.7. The van der Waals surface area contributed by atoms with Crippen LogP contribution in [0.1, 0.15) is 46.4 Å². The average Bonchev–Trinajstić information content (AvgIpc) is 3.56. The van der Waals surface area contributed by atoms with Gasteiger partial charge in [0.25, 0.3) is 11.8 Å². The Bertz CT molecular complexity index is 1350. The van der Waals surface area contributed by atoms with E-state index in [-0.39, 0.29) is 29.9 Å². The third kappa shape index (κ3) is 4.85. The number of amides is 2. The fourth-order valence-electron chi connectivity index (χ4n) is 5.54. The zero-order valence-corrected chi connectivity index (χ0v) is 20.3. The van der Waals surface area contributed by atoms with Gasteiger partial charge in [-0.2, -0.15) is 0 Å². The highest BCUT2D eigenvalue weighted by Crippen LogP contribution is 2.37. The Balaban J connectivity index is 1.07. The maximum absolute atomic E-state index is 13.4. The van der Waals surface area contributed by atoms with Gasteiger partial charge in [-0.1, -0.05) is 30.3 Å². The van der Waals surface area contributed by atoms with Crippen LogP contribution < -0.4 is 10.1 Å². The Labute approximate surface area is 215 Å². The molecule has 0 spiro atoms. The van der Waals surface area contributed by atoms with Gasteiger partial charge < -0.3 is 19.9 Å². The van der Waals surface area contributed by atoms with Crippen LogP contribution in [0.5, 0.6) is 11.5 Å². The van der Waals surface area contributed by atoms with E-state index >= 15 is 0 Å². The van der Waals surface area contributed by atoms with Crippen LogP contribution in [0.25, 0.3) is 11.4 Å². The number of rotatable bonds is 6. The number of aromatic nitrogens is 2. The van der Waals surface area contributed by atoms with Crippen LogP contribution in [0.3, 0.4) is 0 Å². The second-order valence-corrected chi connectivity index (χ2v) is 9.69. The highest BCUT2D eigenvalue weighted by molar-refractivity contribution is 5.96. The zero-order chi connectivity index (χ0) is 25.2. The van der Waals surface area contributed by atoms with Crippen LogP contribution in [0, 0.1) is 0 Å². The van der Waals surface area contributed by atoms with Crippen molar-refractivity contribution >= 4 is 11.8 Å². The van der Waals surface area contributed by atoms with Crippen LogP contribution in [-0.4, -0.2) is 44.8 Å². The number of fused-ring (bicyclic) bond motifs is 2. The molecule has 0 aliphatic carbocycles. The third-order valence-corrected chi connectivity index (χ3v) is 7.30. The number of aromatic amines is 1. The van der Waals surface area contributed by atoms with E-state index in [4.69, 9.17) is 4.74 Å². The summed E-state index contributed by atoms with van der Waals surface area (Å²) >= 11 is 0. The maximum atomic E-state index is 13.4. The number of carbonyl (C=O) groups is 2. The van der Waals surface area contributed by atoms with Crippen molar-refractivity contribution in [3.63, 3.8) is 0 Å². The number of H-pyrrole nitrogens is 1. The van der Waals surface area contributed by atoms with Gasteiger partial charge >= 0.3 is 0 Å². The molecular weight excluding hydrogens is 464 g/mol. The molecule has 2 fully saturated rings. The van der Waals surface area contributed by atoms with Gasteiger partial charge in [0, 0.05) is 47.2 Å². The number of nitrogens with zero attached hydrogens (tertiary/aromatic N) is 2. The van der Waals surface area contributed by atoms with Gasteiger partial charge in [-0.05, 0) is 74.2 Å². The van der Waals surface area contributed by atoms with Crippen LogP contribution in [0.4, 0.5) is 0 Å². The van der Waals surface area contributed by atoms with Crippen LogP contribution in [-0.2, 0) is 0 Å². The number of hydrogen-bond acceptors (Lipinski definition) is 4. The van der Waals surface area contributed by atoms with E-state index < -0.39 is 0 Å². The van der Waals surface area contributed by atoms with Crippen LogP contribution >= 0.6 is 0 Å². The van der Waals surface area contributed by atoms with Crippen molar-refractivity contribution in [3.8, 4) is 22.9 Å². The average molecular weight is 493 g/mol. The predicted octanol–water partition coefficient (Wildman–Crippen LogP) is 5.43. The Kier molecular flexibility index (Phi) is 6.18. The molecule has 2 aliphatic rings. The minimum Gasteiger partial charge on any atom is -0.457 e. The van der Waals surface area contributed by atoms with Crippen molar-refractivity contribution in [2.75, 3.05) is 0 Å². The van der Waals surface area contributed by atoms with E-state index in [1.54, 1.807) is 24.5 Å². The number of hydrogen-bond donors (Lipinski definition) is 2. The molecule has 2 saturated heterocycles. The number of nitrogens with one attached hydrogen (secondary N) is 2. The lowest BCUT2D eigenvalue weighted by Crippen LogP contribution is -2.52. The highest BCUT2D eigenvalue weighted by Gasteiger charge is 2.43. The third-order valence-electron chi connectivity index (χ3n) is 7.30. The van der Waals surface area contributed by atoms with Gasteiger partial charge in [-0.3, -0.25) is 9.59 Å². The summed E-state index contributed by atoms with van der Waals surface area (Å²) in [5.41, 5.74) is 2.24. The van der Waals surface area contributed by atoms with Gasteiger partial charge in [0.1, 0.15) is 17.3 Å². The van der Waals surface area contributed by atoms with Gasteiger partial charge in [0.05, 0.1) is 0 Å². The lowest BCUT2D eigenvalue weighted by molar-refractivity contribution is 0.0549. The number of carbonyl (C=O) groups excluding carboxylic acids is 2. The molecule has 3 atom stereocenters. The largest absolute Gasteiger partial charge is 0.457 e. The number of para-hydroxylation sites is 1. The topological polar surface area (TPSA) is 87.3 Å². The van der Waals surface area contributed by atoms with Crippen molar-refractivity contribution < 1.29 is 14.3 Å². The minimum atomic E-state index is -0.0936. The van der Waals surface area contributed by atoms with E-state index in [0.29, 0.717) is 16.9 Å². The summed E-state index contributed by atoms with van der Waals surface area (Å²) in [4.78, 5) is 35.7. The fraction of sp³-hybridized carbons (Fsp3) is 0.233. The number of ether oxygens (including phenoxy) is 1. The summed E-state index contributed by atoms with van der Waals surface area (Å²) in [6, 6.07) is 24.7. The Morgan fingerprint density at radius 1 is 0.838 bits per heavy atom. The van der Waals surface area contributed by atoms with Gasteiger partial charge in [-0.15, -0.1) is 0 Å². The van der Waals surface area contributed by atoms with E-state index in [2.05, 4.69) is 15.3 Å². The molecule has 3 heterocycles. The van der Waals surface area contributed by atoms with E-state index in [1.165, 1.54) is 0 Å². The van der Waals surface area contributed by atoms with Gasteiger partial charge in [0.2, 0.25) is 0 Å². The molecule has 1 unspecified atom stereocenters. The van der Waals surface area contributed by atoms with Crippen molar-refractivity contribution in [2.45, 2.75) is 43.8 Å². The maximum Gasteiger partial charge on any atom is 0.254 e. The van der Waals surface area contributed by atoms with E-state index in [0.717, 1.165) is 42.8 Å². The molecule has 4 aromatic rings. The molecule has 2 bridgehead atoms. The van der Waals surface area contributed by atoms with Crippen LogP contribution in [0.2, 0.25) is 0 Å². The van der Waals surface area contributed by atoms with Crippen LogP contribution in [0.15, 0.2) is 91.3 Å². The first kappa shape index (κ1) is 23.0. The second kappa shape index (κ2) is 9.93. The summed E-state index contributed by atoms with van der Waals surface area (Å²) in [7, 11) is 0. The molecule has 2 aliphatic heterocycles. The molecule has 2 N–H and O–H groups in total. The molecule has 186 valence electrons. The number of benzene rings is 3. The Morgan fingerprint density at radius 3 is 2.14 bits per heavy atom. The lowest BCUT2D eigenvalue weighted by Gasteiger charge is -2.39. The smallest absolute Gasteiger partial charge is 0.254 e. The second-order valence-electron chi connectivity index (χ2n) is 9.69. The molecule has 7 nitrogen and oxygen atoms in total. The highest BCUT2D eigenvalue weighted by atomic mass is 16.5. The molecule has 6 rings (SSSR count). The molecule has 3 aromatic carbocycles. The minimum absolute atomic E-state index is 0.0515. The molecule has 0 saturated carbocycles. The number of piperidine rings is 1. The molecule has 7 heteroatoms. The SMILES string of the molecule is O=C(NC1C[C@H]2CC[C@@H](C1)N2C(=O)c1ccc(-c2ncc[nH]2)cc1)c1ccc(Oc2ccccc2)cc1. The van der Waals surface area contributed by atoms with Gasteiger partial charge in [-0.25, -0.2) is 4.98 Å². The molecule has 2 amide bonds. The van der Waals surface area contributed by atoms with E-state index in [9.17, 15) is 9.59 Å². The Morgan fingerprint density at radius 2 is 1.49 bits per heavy atom. The normalized spacial score (nSPS) is 20.4. The van der Waals surface area contributed by atoms with Crippen molar-refractivity contribution in [1.29, 1.82) is 0 Å². The number of imidazole rings is 1. The Hall–Kier alpha value is -4.39. The first-order chi connectivity index (χ1) is 18.1. The molecule has 1 aromatic heterocycles. The summed E-state index contributed by atoms with van der Waals surface area (Å²) in [6.45, 7) is 0. The predicted molar refractivity (Wildman–Crippen MR) is 140 cm³/mol. The summed E-state index contributed by atoms with van der Waals surface area (Å²) in [5.74, 6) is 2.20. The van der Waals surface area contributed by atoms with Gasteiger partial charge in [0.15, 0.2) is 0 Å². The standard InChI is InChI=1S/C30H28N4O3/c35-29(21-10-14-27(15-11-21)37-26-4-2-1-3-5-26)33-23-18-24-12-13-25(19-23)34(24)30(36)22-8-6-20(7-9-22)28-31-16-17-32-28/h1-11,14-17,23-25H,12-13,18-19H2,(H,31,32)(H,33,35)/t23?,24-,25+. The molecule has 0 radical (unpaired) electrons. The summed E-state index contributed by atoms with van der Waals surface area (Å²) in [5, 5.41) is 3.20. The lowest BCUT2D eigenvalue weighted by atomic mass is 9.95. The quantitative estimate of drug-likeness (QED) is 0.376. The summed E-state index contributed by atoms with van der Waals surface area (Å²) < 4.78 is 5.82.